The van der Waals surface area contributed by atoms with Crippen LogP contribution in [0.1, 0.15) is 31.9 Å². The van der Waals surface area contributed by atoms with E-state index in [1.54, 1.807) is 0 Å². The Morgan fingerprint density at radius 3 is 1.60 bits per heavy atom. The molecule has 1 rings (SSSR count). The van der Waals surface area contributed by atoms with E-state index in [9.17, 15) is 35.9 Å². The van der Waals surface area contributed by atoms with Gasteiger partial charge < -0.3 is 5.11 Å². The van der Waals surface area contributed by atoms with Crippen molar-refractivity contribution in [1.29, 1.82) is 0 Å². The van der Waals surface area contributed by atoms with Crippen molar-refractivity contribution in [3.8, 4) is 0 Å². The zero-order valence-electron chi connectivity index (χ0n) is 13.4. The van der Waals surface area contributed by atoms with E-state index in [-0.39, 0.29) is 23.1 Å². The second-order valence-corrected chi connectivity index (χ2v) is 6.31. The largest absolute Gasteiger partial charge is 0.465 e. The lowest BCUT2D eigenvalue weighted by Crippen LogP contribution is -2.39. The Kier molecular flexibility index (Phi) is 5.46. The molecule has 0 heterocycles. The molecule has 0 saturated heterocycles. The van der Waals surface area contributed by atoms with Crippen LogP contribution in [0.15, 0.2) is 18.2 Å². The molecule has 1 aromatic carbocycles. The second-order valence-electron chi connectivity index (χ2n) is 6.31. The number of nitrogens with zero attached hydrogens (tertiary/aromatic N) is 1. The number of rotatable bonds is 3. The lowest BCUT2D eigenvalue weighted by Gasteiger charge is -2.25. The number of hydrogen-bond acceptors (Lipinski definition) is 2. The molecule has 10 heteroatoms. The molecule has 0 radical (unpaired) electrons. The molecule has 25 heavy (non-hydrogen) atoms. The van der Waals surface area contributed by atoms with Gasteiger partial charge in [-0.1, -0.05) is 20.8 Å². The lowest BCUT2D eigenvalue weighted by molar-refractivity contribution is -0.143. The smallest absolute Gasteiger partial charge is 0.416 e. The van der Waals surface area contributed by atoms with Gasteiger partial charge in [0.1, 0.15) is 0 Å². The summed E-state index contributed by atoms with van der Waals surface area (Å²) in [5.41, 5.74) is -5.23. The SMILES string of the molecule is CC(C)(C)C(=O)CN(C(=O)O)c1cc(C(F)(F)F)cc(C(F)(F)F)c1. The average molecular weight is 371 g/mol. The Bertz CT molecular complexity index is 641. The minimum absolute atomic E-state index is 0.116. The van der Waals surface area contributed by atoms with Gasteiger partial charge in [0.2, 0.25) is 0 Å². The summed E-state index contributed by atoms with van der Waals surface area (Å²) in [4.78, 5) is 23.4. The number of alkyl halides is 6. The molecule has 0 aliphatic heterocycles. The van der Waals surface area contributed by atoms with Crippen LogP contribution in [0.4, 0.5) is 36.8 Å². The van der Waals surface area contributed by atoms with E-state index in [0.717, 1.165) is 0 Å². The number of carbonyl (C=O) groups is 2. The third kappa shape index (κ3) is 5.36. The summed E-state index contributed by atoms with van der Waals surface area (Å²) >= 11 is 0. The Labute approximate surface area is 139 Å². The van der Waals surface area contributed by atoms with E-state index in [0.29, 0.717) is 0 Å². The molecule has 0 bridgehead atoms. The van der Waals surface area contributed by atoms with E-state index < -0.39 is 53.0 Å². The van der Waals surface area contributed by atoms with Crippen molar-refractivity contribution in [2.45, 2.75) is 33.1 Å². The van der Waals surface area contributed by atoms with Gasteiger partial charge in [0.05, 0.1) is 17.7 Å². The van der Waals surface area contributed by atoms with E-state index in [4.69, 9.17) is 5.11 Å². The maximum Gasteiger partial charge on any atom is 0.416 e. The van der Waals surface area contributed by atoms with Gasteiger partial charge in [-0.25, -0.2) is 4.79 Å². The van der Waals surface area contributed by atoms with E-state index in [1.165, 1.54) is 20.8 Å². The van der Waals surface area contributed by atoms with Crippen molar-refractivity contribution in [3.05, 3.63) is 29.3 Å². The Hall–Kier alpha value is -2.26. The second kappa shape index (κ2) is 6.57. The number of Topliss-reactive ketones (excluding diaryl/α,β-unsaturated/α-hetero) is 1. The van der Waals surface area contributed by atoms with Gasteiger partial charge in [-0.2, -0.15) is 26.3 Å². The number of anilines is 1. The number of halogens is 6. The van der Waals surface area contributed by atoms with Crippen molar-refractivity contribution in [3.63, 3.8) is 0 Å². The van der Waals surface area contributed by atoms with Crippen LogP contribution in [-0.2, 0) is 17.1 Å². The van der Waals surface area contributed by atoms with E-state index in [1.807, 2.05) is 0 Å². The molecule has 4 nitrogen and oxygen atoms in total. The van der Waals surface area contributed by atoms with Gasteiger partial charge in [-0.05, 0) is 18.2 Å². The molecule has 0 unspecified atom stereocenters. The Balaban J connectivity index is 3.49. The van der Waals surface area contributed by atoms with Crippen molar-refractivity contribution in [2.24, 2.45) is 5.41 Å². The van der Waals surface area contributed by atoms with Crippen LogP contribution in [0.25, 0.3) is 0 Å². The van der Waals surface area contributed by atoms with Crippen molar-refractivity contribution in [2.75, 3.05) is 11.4 Å². The lowest BCUT2D eigenvalue weighted by atomic mass is 9.90. The molecule has 1 N–H and O–H groups in total. The first-order valence-electron chi connectivity index (χ1n) is 6.86. The van der Waals surface area contributed by atoms with Crippen LogP contribution >= 0.6 is 0 Å². The Morgan fingerprint density at radius 2 is 1.32 bits per heavy atom. The molecule has 0 spiro atoms. The normalized spacial score (nSPS) is 12.8. The highest BCUT2D eigenvalue weighted by Gasteiger charge is 2.38. The Morgan fingerprint density at radius 1 is 0.920 bits per heavy atom. The van der Waals surface area contributed by atoms with Crippen molar-refractivity contribution >= 4 is 17.6 Å². The third-order valence-corrected chi connectivity index (χ3v) is 3.25. The number of benzene rings is 1. The molecule has 0 aromatic heterocycles. The van der Waals surface area contributed by atoms with Crippen molar-refractivity contribution < 1.29 is 41.0 Å². The minimum atomic E-state index is -5.12. The van der Waals surface area contributed by atoms with Crippen molar-refractivity contribution in [1.82, 2.24) is 0 Å². The highest BCUT2D eigenvalue weighted by molar-refractivity contribution is 5.96. The van der Waals surface area contributed by atoms with Crippen LogP contribution in [0.3, 0.4) is 0 Å². The monoisotopic (exact) mass is 371 g/mol. The van der Waals surface area contributed by atoms with Gasteiger partial charge >= 0.3 is 18.4 Å². The number of ketones is 1. The van der Waals surface area contributed by atoms with E-state index >= 15 is 0 Å². The molecule has 0 saturated carbocycles. The topological polar surface area (TPSA) is 57.6 Å². The molecule has 0 atom stereocenters. The maximum atomic E-state index is 12.9. The average Bonchev–Trinajstić information content (AvgIpc) is 2.40. The van der Waals surface area contributed by atoms with Crippen LogP contribution in [0.2, 0.25) is 0 Å². The maximum absolute atomic E-state index is 12.9. The summed E-state index contributed by atoms with van der Waals surface area (Å²) in [5.74, 6) is -0.666. The van der Waals surface area contributed by atoms with Gasteiger partial charge in [0.25, 0.3) is 0 Å². The zero-order chi connectivity index (χ0) is 19.8. The predicted octanol–water partition coefficient (Wildman–Crippen LogP) is 4.82. The zero-order valence-corrected chi connectivity index (χ0v) is 13.4. The van der Waals surface area contributed by atoms with Crippen LogP contribution < -0.4 is 4.90 Å². The highest BCUT2D eigenvalue weighted by atomic mass is 19.4. The molecule has 1 aromatic rings. The van der Waals surface area contributed by atoms with Gasteiger partial charge in [-0.15, -0.1) is 0 Å². The molecule has 1 amide bonds. The molecular weight excluding hydrogens is 356 g/mol. The molecule has 0 aliphatic carbocycles. The summed E-state index contributed by atoms with van der Waals surface area (Å²) in [7, 11) is 0. The first-order valence-corrected chi connectivity index (χ1v) is 6.86. The fraction of sp³-hybridized carbons (Fsp3) is 0.467. The molecular formula is C15H15F6NO3. The fourth-order valence-electron chi connectivity index (χ4n) is 1.74. The molecule has 0 aliphatic rings. The number of carbonyl (C=O) groups excluding carboxylic acids is 1. The summed E-state index contributed by atoms with van der Waals surface area (Å²) in [6, 6.07) is 0.410. The first kappa shape index (κ1) is 20.8. The first-order chi connectivity index (χ1) is 11.0. The van der Waals surface area contributed by atoms with Crippen LogP contribution in [-0.4, -0.2) is 23.5 Å². The summed E-state index contributed by atoms with van der Waals surface area (Å²) in [5, 5.41) is 9.14. The summed E-state index contributed by atoms with van der Waals surface area (Å²) in [6.45, 7) is 3.46. The summed E-state index contributed by atoms with van der Waals surface area (Å²) in [6.07, 6.45) is -12.1. The summed E-state index contributed by atoms with van der Waals surface area (Å²) < 4.78 is 77.1. The minimum Gasteiger partial charge on any atom is -0.465 e. The number of amides is 1. The molecule has 140 valence electrons. The van der Waals surface area contributed by atoms with Crippen LogP contribution in [0, 0.1) is 5.41 Å². The predicted molar refractivity (Wildman–Crippen MR) is 76.3 cm³/mol. The molecule has 0 fully saturated rings. The van der Waals surface area contributed by atoms with Gasteiger partial charge in [0.15, 0.2) is 5.78 Å². The third-order valence-electron chi connectivity index (χ3n) is 3.25. The van der Waals surface area contributed by atoms with Crippen LogP contribution in [0.5, 0.6) is 0 Å². The standard InChI is InChI=1S/C15H15F6NO3/c1-13(2,3)11(23)7-22(12(24)25)10-5-8(14(16,17)18)4-9(6-10)15(19,20)21/h4-6H,7H2,1-3H3,(H,24,25). The van der Waals surface area contributed by atoms with Gasteiger partial charge in [0, 0.05) is 11.1 Å². The van der Waals surface area contributed by atoms with E-state index in [2.05, 4.69) is 0 Å². The van der Waals surface area contributed by atoms with Gasteiger partial charge in [-0.3, -0.25) is 9.69 Å². The quantitative estimate of drug-likeness (QED) is 0.775. The number of hydrogen-bond donors (Lipinski definition) is 1. The number of carboxylic acid groups (broad SMARTS) is 1. The fourth-order valence-corrected chi connectivity index (χ4v) is 1.74. The highest BCUT2D eigenvalue weighted by Crippen LogP contribution is 2.38.